The van der Waals surface area contributed by atoms with Crippen LogP contribution in [0.3, 0.4) is 0 Å². The molecule has 0 amide bonds. The zero-order chi connectivity index (χ0) is 12.1. The van der Waals surface area contributed by atoms with E-state index in [9.17, 15) is 10.1 Å². The van der Waals surface area contributed by atoms with E-state index in [0.717, 1.165) is 5.69 Å². The second kappa shape index (κ2) is 4.98. The highest BCUT2D eigenvalue weighted by Crippen LogP contribution is 2.26. The van der Waals surface area contributed by atoms with E-state index in [2.05, 4.69) is 0 Å². The van der Waals surface area contributed by atoms with E-state index < -0.39 is 4.92 Å². The molecule has 0 spiro atoms. The monoisotopic (exact) mass is 220 g/mol. The molecule has 0 aromatic heterocycles. The Labute approximate surface area is 93.0 Å². The first-order chi connectivity index (χ1) is 7.56. The van der Waals surface area contributed by atoms with Gasteiger partial charge in [0.15, 0.2) is 0 Å². The molecule has 0 atom stereocenters. The predicted molar refractivity (Wildman–Crippen MR) is 61.0 cm³/mol. The summed E-state index contributed by atoms with van der Waals surface area (Å²) in [5, 5.41) is 19.0. The van der Waals surface area contributed by atoms with Crippen molar-refractivity contribution >= 4 is 17.1 Å². The lowest BCUT2D eigenvalue weighted by molar-refractivity contribution is -0.383. The van der Waals surface area contributed by atoms with E-state index in [4.69, 9.17) is 11.0 Å². The number of nitrogen functional groups attached to an aromatic ring is 1. The van der Waals surface area contributed by atoms with Gasteiger partial charge in [-0.25, -0.2) is 0 Å². The summed E-state index contributed by atoms with van der Waals surface area (Å²) in [7, 11) is 1.80. The van der Waals surface area contributed by atoms with Crippen LogP contribution in [0.4, 0.5) is 17.1 Å². The SMILES string of the molecule is CN(CCC#N)c1ccc([N+](=O)[O-])c(N)c1. The molecule has 1 aromatic rings. The highest BCUT2D eigenvalue weighted by Gasteiger charge is 2.12. The Balaban J connectivity index is 2.89. The number of hydrogen-bond acceptors (Lipinski definition) is 5. The molecule has 0 aliphatic rings. The van der Waals surface area contributed by atoms with Gasteiger partial charge in [-0.05, 0) is 12.1 Å². The predicted octanol–water partition coefficient (Wildman–Crippen LogP) is 1.53. The first-order valence-electron chi connectivity index (χ1n) is 4.68. The van der Waals surface area contributed by atoms with Crippen LogP contribution in [0.1, 0.15) is 6.42 Å². The zero-order valence-corrected chi connectivity index (χ0v) is 8.88. The lowest BCUT2D eigenvalue weighted by Crippen LogP contribution is -2.18. The largest absolute Gasteiger partial charge is 0.393 e. The minimum atomic E-state index is -0.519. The van der Waals surface area contributed by atoms with E-state index in [1.807, 2.05) is 11.0 Å². The fraction of sp³-hybridized carbons (Fsp3) is 0.300. The van der Waals surface area contributed by atoms with Gasteiger partial charge in [0.1, 0.15) is 5.69 Å². The molecule has 0 fully saturated rings. The van der Waals surface area contributed by atoms with Gasteiger partial charge in [0, 0.05) is 25.3 Å². The lowest BCUT2D eigenvalue weighted by Gasteiger charge is -2.17. The van der Waals surface area contributed by atoms with Gasteiger partial charge in [-0.2, -0.15) is 5.26 Å². The van der Waals surface area contributed by atoms with Crippen LogP contribution in [0.5, 0.6) is 0 Å². The Morgan fingerprint density at radius 2 is 2.31 bits per heavy atom. The fourth-order valence-corrected chi connectivity index (χ4v) is 1.29. The van der Waals surface area contributed by atoms with Gasteiger partial charge in [0.2, 0.25) is 0 Å². The summed E-state index contributed by atoms with van der Waals surface area (Å²) >= 11 is 0. The number of nitrogens with two attached hydrogens (primary N) is 1. The molecular formula is C10H12N4O2. The van der Waals surface area contributed by atoms with Gasteiger partial charge in [-0.1, -0.05) is 0 Å². The van der Waals surface area contributed by atoms with Gasteiger partial charge in [-0.3, -0.25) is 10.1 Å². The standard InChI is InChI=1S/C10H12N4O2/c1-13(6-2-5-11)8-3-4-10(14(15)16)9(12)7-8/h3-4,7H,2,6,12H2,1H3. The van der Waals surface area contributed by atoms with Crippen LogP contribution in [0.2, 0.25) is 0 Å². The molecule has 0 saturated heterocycles. The van der Waals surface area contributed by atoms with Crippen LogP contribution < -0.4 is 10.6 Å². The summed E-state index contributed by atoms with van der Waals surface area (Å²) in [6, 6.07) is 6.55. The molecule has 1 aromatic carbocycles. The van der Waals surface area contributed by atoms with Crippen LogP contribution in [-0.4, -0.2) is 18.5 Å². The topological polar surface area (TPSA) is 96.2 Å². The minimum Gasteiger partial charge on any atom is -0.393 e. The van der Waals surface area contributed by atoms with Gasteiger partial charge in [-0.15, -0.1) is 0 Å². The maximum Gasteiger partial charge on any atom is 0.292 e. The summed E-state index contributed by atoms with van der Waals surface area (Å²) in [6.45, 7) is 0.563. The van der Waals surface area contributed by atoms with E-state index in [-0.39, 0.29) is 11.4 Å². The highest BCUT2D eigenvalue weighted by molar-refractivity contribution is 5.66. The van der Waals surface area contributed by atoms with E-state index in [1.165, 1.54) is 12.1 Å². The number of nitriles is 1. The summed E-state index contributed by atoms with van der Waals surface area (Å²) in [5.74, 6) is 0. The molecule has 84 valence electrons. The van der Waals surface area contributed by atoms with Crippen molar-refractivity contribution in [3.8, 4) is 6.07 Å². The van der Waals surface area contributed by atoms with Crippen molar-refractivity contribution in [3.05, 3.63) is 28.3 Å². The number of nitrogens with zero attached hydrogens (tertiary/aromatic N) is 3. The molecule has 0 aliphatic carbocycles. The van der Waals surface area contributed by atoms with Crippen LogP contribution in [0.25, 0.3) is 0 Å². The Bertz CT molecular complexity index is 439. The smallest absolute Gasteiger partial charge is 0.292 e. The van der Waals surface area contributed by atoms with Crippen molar-refractivity contribution in [2.24, 2.45) is 0 Å². The third kappa shape index (κ3) is 2.60. The number of anilines is 2. The van der Waals surface area contributed by atoms with E-state index in [1.54, 1.807) is 13.1 Å². The number of nitro groups is 1. The van der Waals surface area contributed by atoms with Crippen LogP contribution in [-0.2, 0) is 0 Å². The Morgan fingerprint density at radius 3 is 2.81 bits per heavy atom. The molecule has 0 heterocycles. The molecule has 16 heavy (non-hydrogen) atoms. The maximum absolute atomic E-state index is 10.5. The molecule has 0 saturated carbocycles. The number of rotatable bonds is 4. The normalized spacial score (nSPS) is 9.50. The van der Waals surface area contributed by atoms with Crippen molar-refractivity contribution in [3.63, 3.8) is 0 Å². The second-order valence-electron chi connectivity index (χ2n) is 3.33. The van der Waals surface area contributed by atoms with E-state index in [0.29, 0.717) is 13.0 Å². The Morgan fingerprint density at radius 1 is 1.62 bits per heavy atom. The average Bonchev–Trinajstić information content (AvgIpc) is 2.25. The van der Waals surface area contributed by atoms with Gasteiger partial charge in [0.05, 0.1) is 17.4 Å². The molecule has 0 unspecified atom stereocenters. The number of benzene rings is 1. The molecule has 0 bridgehead atoms. The van der Waals surface area contributed by atoms with Crippen LogP contribution >= 0.6 is 0 Å². The first kappa shape index (κ1) is 11.8. The number of hydrogen-bond donors (Lipinski definition) is 1. The van der Waals surface area contributed by atoms with Crippen LogP contribution in [0.15, 0.2) is 18.2 Å². The number of nitro benzene ring substituents is 1. The van der Waals surface area contributed by atoms with Crippen molar-refractivity contribution in [1.29, 1.82) is 5.26 Å². The zero-order valence-electron chi connectivity index (χ0n) is 8.88. The third-order valence-electron chi connectivity index (χ3n) is 2.21. The quantitative estimate of drug-likeness (QED) is 0.471. The van der Waals surface area contributed by atoms with Gasteiger partial charge < -0.3 is 10.6 Å². The fourth-order valence-electron chi connectivity index (χ4n) is 1.29. The van der Waals surface area contributed by atoms with E-state index >= 15 is 0 Å². The molecular weight excluding hydrogens is 208 g/mol. The molecule has 6 nitrogen and oxygen atoms in total. The highest BCUT2D eigenvalue weighted by atomic mass is 16.6. The molecule has 0 radical (unpaired) electrons. The van der Waals surface area contributed by atoms with Crippen molar-refractivity contribution < 1.29 is 4.92 Å². The minimum absolute atomic E-state index is 0.0996. The average molecular weight is 220 g/mol. The molecule has 1 rings (SSSR count). The van der Waals surface area contributed by atoms with Crippen molar-refractivity contribution in [2.75, 3.05) is 24.2 Å². The van der Waals surface area contributed by atoms with Gasteiger partial charge >= 0.3 is 0 Å². The maximum atomic E-state index is 10.5. The van der Waals surface area contributed by atoms with Gasteiger partial charge in [0.25, 0.3) is 5.69 Å². The summed E-state index contributed by atoms with van der Waals surface area (Å²) in [6.07, 6.45) is 0.396. The first-order valence-corrected chi connectivity index (χ1v) is 4.68. The third-order valence-corrected chi connectivity index (χ3v) is 2.21. The Kier molecular flexibility index (Phi) is 3.67. The molecule has 6 heteroatoms. The summed E-state index contributed by atoms with van der Waals surface area (Å²) in [4.78, 5) is 11.8. The van der Waals surface area contributed by atoms with Crippen molar-refractivity contribution in [2.45, 2.75) is 6.42 Å². The second-order valence-corrected chi connectivity index (χ2v) is 3.33. The van der Waals surface area contributed by atoms with Crippen molar-refractivity contribution in [1.82, 2.24) is 0 Å². The molecule has 0 aliphatic heterocycles. The Hall–Kier alpha value is -2.29. The summed E-state index contributed by atoms with van der Waals surface area (Å²) in [5.41, 5.74) is 6.35. The molecule has 2 N–H and O–H groups in total. The lowest BCUT2D eigenvalue weighted by atomic mass is 10.2. The van der Waals surface area contributed by atoms with Crippen LogP contribution in [0, 0.1) is 21.4 Å². The summed E-state index contributed by atoms with van der Waals surface area (Å²) < 4.78 is 0.